The SMILES string of the molecule is CCOC(=O)c1ccc(NC(=O)OC(C)(C)C)c(I)c1. The van der Waals surface area contributed by atoms with E-state index < -0.39 is 11.7 Å². The highest BCUT2D eigenvalue weighted by Crippen LogP contribution is 2.21. The van der Waals surface area contributed by atoms with Gasteiger partial charge in [-0.1, -0.05) is 0 Å². The second kappa shape index (κ2) is 6.92. The molecule has 1 amide bonds. The minimum atomic E-state index is -0.555. The molecule has 0 aliphatic carbocycles. The number of hydrogen-bond donors (Lipinski definition) is 1. The zero-order valence-corrected chi connectivity index (χ0v) is 14.1. The fraction of sp³-hybridized carbons (Fsp3) is 0.429. The lowest BCUT2D eigenvalue weighted by Crippen LogP contribution is -2.27. The molecule has 5 nitrogen and oxygen atoms in total. The number of nitrogens with one attached hydrogen (secondary N) is 1. The Balaban J connectivity index is 2.79. The molecule has 0 fully saturated rings. The molecule has 0 unspecified atom stereocenters. The third-order valence-electron chi connectivity index (χ3n) is 2.12. The minimum absolute atomic E-state index is 0.327. The van der Waals surface area contributed by atoms with Crippen LogP contribution in [0.5, 0.6) is 0 Å². The summed E-state index contributed by atoms with van der Waals surface area (Å²) in [5.41, 5.74) is 0.485. The zero-order valence-electron chi connectivity index (χ0n) is 12.0. The minimum Gasteiger partial charge on any atom is -0.462 e. The van der Waals surface area contributed by atoms with Gasteiger partial charge in [0.15, 0.2) is 0 Å². The van der Waals surface area contributed by atoms with E-state index in [2.05, 4.69) is 5.32 Å². The fourth-order valence-corrected chi connectivity index (χ4v) is 2.02. The smallest absolute Gasteiger partial charge is 0.412 e. The van der Waals surface area contributed by atoms with Gasteiger partial charge in [-0.15, -0.1) is 0 Å². The molecule has 0 aliphatic rings. The van der Waals surface area contributed by atoms with Gasteiger partial charge in [-0.3, -0.25) is 5.32 Å². The topological polar surface area (TPSA) is 64.6 Å². The lowest BCUT2D eigenvalue weighted by Gasteiger charge is -2.20. The van der Waals surface area contributed by atoms with Gasteiger partial charge in [-0.25, -0.2) is 9.59 Å². The number of amides is 1. The van der Waals surface area contributed by atoms with Gasteiger partial charge in [-0.2, -0.15) is 0 Å². The molecule has 0 atom stereocenters. The van der Waals surface area contributed by atoms with Crippen LogP contribution in [0.3, 0.4) is 0 Å². The molecule has 0 radical (unpaired) electrons. The number of ether oxygens (including phenoxy) is 2. The molecule has 1 N–H and O–H groups in total. The number of carbonyl (C=O) groups is 2. The standard InChI is InChI=1S/C14H18INO4/c1-5-19-12(17)9-6-7-11(10(15)8-9)16-13(18)20-14(2,3)4/h6-8H,5H2,1-4H3,(H,16,18). The molecule has 110 valence electrons. The van der Waals surface area contributed by atoms with E-state index in [0.29, 0.717) is 17.9 Å². The zero-order chi connectivity index (χ0) is 15.3. The van der Waals surface area contributed by atoms with Gasteiger partial charge in [0.2, 0.25) is 0 Å². The summed E-state index contributed by atoms with van der Waals surface area (Å²) < 4.78 is 10.8. The average Bonchev–Trinajstić information content (AvgIpc) is 2.29. The number of rotatable bonds is 3. The highest BCUT2D eigenvalue weighted by molar-refractivity contribution is 14.1. The monoisotopic (exact) mass is 391 g/mol. The van der Waals surface area contributed by atoms with Gasteiger partial charge in [0.1, 0.15) is 5.60 Å². The molecule has 0 aliphatic heterocycles. The van der Waals surface area contributed by atoms with Crippen LogP contribution < -0.4 is 5.32 Å². The van der Waals surface area contributed by atoms with Gasteiger partial charge in [-0.05, 0) is 68.5 Å². The number of hydrogen-bond acceptors (Lipinski definition) is 4. The van der Waals surface area contributed by atoms with Crippen LogP contribution in [0.25, 0.3) is 0 Å². The molecule has 0 bridgehead atoms. The van der Waals surface area contributed by atoms with E-state index in [1.54, 1.807) is 45.9 Å². The lowest BCUT2D eigenvalue weighted by molar-refractivity contribution is 0.0525. The van der Waals surface area contributed by atoms with Crippen LogP contribution in [-0.4, -0.2) is 24.3 Å². The fourth-order valence-electron chi connectivity index (χ4n) is 1.37. The Bertz CT molecular complexity index is 508. The van der Waals surface area contributed by atoms with E-state index >= 15 is 0 Å². The van der Waals surface area contributed by atoms with Gasteiger partial charge >= 0.3 is 12.1 Å². The number of halogens is 1. The normalized spacial score (nSPS) is 10.8. The van der Waals surface area contributed by atoms with Crippen molar-refractivity contribution >= 4 is 40.3 Å². The predicted octanol–water partition coefficient (Wildman–Crippen LogP) is 3.81. The predicted molar refractivity (Wildman–Crippen MR) is 85.0 cm³/mol. The molecule has 1 aromatic rings. The number of benzene rings is 1. The Morgan fingerprint density at radius 3 is 2.45 bits per heavy atom. The van der Waals surface area contributed by atoms with Crippen LogP contribution in [0.4, 0.5) is 10.5 Å². The first kappa shape index (κ1) is 16.7. The van der Waals surface area contributed by atoms with Crippen LogP contribution in [-0.2, 0) is 9.47 Å². The first-order valence-corrected chi connectivity index (χ1v) is 7.27. The summed E-state index contributed by atoms with van der Waals surface area (Å²) >= 11 is 2.04. The number of carbonyl (C=O) groups excluding carboxylic acids is 2. The van der Waals surface area contributed by atoms with Crippen LogP contribution >= 0.6 is 22.6 Å². The van der Waals surface area contributed by atoms with Crippen LogP contribution in [0.2, 0.25) is 0 Å². The summed E-state index contributed by atoms with van der Waals surface area (Å²) in [6.07, 6.45) is -0.528. The van der Waals surface area contributed by atoms with E-state index in [-0.39, 0.29) is 5.97 Å². The maximum absolute atomic E-state index is 11.7. The second-order valence-electron chi connectivity index (χ2n) is 5.04. The molecule has 0 aromatic heterocycles. The van der Waals surface area contributed by atoms with Gasteiger partial charge in [0.25, 0.3) is 0 Å². The molecule has 0 saturated carbocycles. The van der Waals surface area contributed by atoms with E-state index in [1.165, 1.54) is 0 Å². The molecular weight excluding hydrogens is 373 g/mol. The summed E-state index contributed by atoms with van der Waals surface area (Å²) in [6, 6.07) is 4.91. The van der Waals surface area contributed by atoms with E-state index in [1.807, 2.05) is 22.6 Å². The Morgan fingerprint density at radius 1 is 1.30 bits per heavy atom. The van der Waals surface area contributed by atoms with Gasteiger partial charge < -0.3 is 9.47 Å². The maximum atomic E-state index is 11.7. The molecule has 0 spiro atoms. The largest absolute Gasteiger partial charge is 0.462 e. The first-order valence-electron chi connectivity index (χ1n) is 6.19. The van der Waals surface area contributed by atoms with E-state index in [0.717, 1.165) is 3.57 Å². The molecule has 6 heteroatoms. The average molecular weight is 391 g/mol. The maximum Gasteiger partial charge on any atom is 0.412 e. The summed E-state index contributed by atoms with van der Waals surface area (Å²) in [5.74, 6) is -0.380. The van der Waals surface area contributed by atoms with Crippen LogP contribution in [0.15, 0.2) is 18.2 Å². The molecule has 1 rings (SSSR count). The summed E-state index contributed by atoms with van der Waals surface area (Å²) in [6.45, 7) is 7.46. The summed E-state index contributed by atoms with van der Waals surface area (Å²) in [4.78, 5) is 23.3. The molecule has 20 heavy (non-hydrogen) atoms. The molecule has 1 aromatic carbocycles. The van der Waals surface area contributed by atoms with Crippen molar-refractivity contribution in [1.82, 2.24) is 0 Å². The Kier molecular flexibility index (Phi) is 5.79. The highest BCUT2D eigenvalue weighted by Gasteiger charge is 2.17. The Hall–Kier alpha value is -1.31. The first-order chi connectivity index (χ1) is 9.23. The second-order valence-corrected chi connectivity index (χ2v) is 6.20. The third kappa shape index (κ3) is 5.36. The van der Waals surface area contributed by atoms with Crippen molar-refractivity contribution in [3.8, 4) is 0 Å². The summed E-state index contributed by atoms with van der Waals surface area (Å²) in [7, 11) is 0. The van der Waals surface area contributed by atoms with Crippen molar-refractivity contribution < 1.29 is 19.1 Å². The van der Waals surface area contributed by atoms with Crippen molar-refractivity contribution in [2.45, 2.75) is 33.3 Å². The quantitative estimate of drug-likeness (QED) is 0.629. The van der Waals surface area contributed by atoms with E-state index in [9.17, 15) is 9.59 Å². The molecule has 0 saturated heterocycles. The van der Waals surface area contributed by atoms with Crippen molar-refractivity contribution in [2.24, 2.45) is 0 Å². The number of esters is 1. The van der Waals surface area contributed by atoms with Crippen molar-refractivity contribution in [3.63, 3.8) is 0 Å². The molecule has 0 heterocycles. The Morgan fingerprint density at radius 2 is 1.95 bits per heavy atom. The van der Waals surface area contributed by atoms with E-state index in [4.69, 9.17) is 9.47 Å². The lowest BCUT2D eigenvalue weighted by atomic mass is 10.2. The third-order valence-corrected chi connectivity index (χ3v) is 3.01. The highest BCUT2D eigenvalue weighted by atomic mass is 127. The van der Waals surface area contributed by atoms with Crippen LogP contribution in [0, 0.1) is 3.57 Å². The molecular formula is C14H18INO4. The van der Waals surface area contributed by atoms with Crippen molar-refractivity contribution in [3.05, 3.63) is 27.3 Å². The van der Waals surface area contributed by atoms with Gasteiger partial charge in [0.05, 0.1) is 17.9 Å². The Labute approximate surface area is 132 Å². The van der Waals surface area contributed by atoms with Gasteiger partial charge in [0, 0.05) is 3.57 Å². The number of anilines is 1. The van der Waals surface area contributed by atoms with Crippen molar-refractivity contribution in [1.29, 1.82) is 0 Å². The van der Waals surface area contributed by atoms with Crippen molar-refractivity contribution in [2.75, 3.05) is 11.9 Å². The van der Waals surface area contributed by atoms with Crippen LogP contribution in [0.1, 0.15) is 38.1 Å². The summed E-state index contributed by atoms with van der Waals surface area (Å²) in [5, 5.41) is 2.64.